The maximum Gasteiger partial charge on any atom is 0.0725 e. The van der Waals surface area contributed by atoms with Gasteiger partial charge in [0.25, 0.3) is 0 Å². The molecule has 77 heavy (non-hydrogen) atoms. The van der Waals surface area contributed by atoms with Crippen LogP contribution in [0.5, 0.6) is 0 Å². The fourth-order valence-electron chi connectivity index (χ4n) is 13.6. The number of anilines is 3. The topological polar surface area (TPSA) is 3.24 Å². The lowest BCUT2D eigenvalue weighted by atomic mass is 9.67. The average Bonchev–Trinajstić information content (AvgIpc) is 3.87. The maximum absolute atomic E-state index is 2.52. The van der Waals surface area contributed by atoms with Gasteiger partial charge in [-0.05, 0) is 165 Å². The number of rotatable bonds is 7. The van der Waals surface area contributed by atoms with Gasteiger partial charge in [-0.2, -0.15) is 0 Å². The first-order chi connectivity index (χ1) is 37.4. The van der Waals surface area contributed by atoms with Crippen LogP contribution < -0.4 is 4.90 Å². The van der Waals surface area contributed by atoms with Crippen LogP contribution in [0.2, 0.25) is 0 Å². The molecule has 2 unspecified atom stereocenters. The van der Waals surface area contributed by atoms with Crippen molar-refractivity contribution in [2.75, 3.05) is 4.90 Å². The molecule has 0 heterocycles. The molecule has 1 heteroatoms. The molecule has 11 aromatic rings. The summed E-state index contributed by atoms with van der Waals surface area (Å²) in [5, 5.41) is 0. The minimum Gasteiger partial charge on any atom is -0.310 e. The van der Waals surface area contributed by atoms with Crippen molar-refractivity contribution in [2.45, 2.75) is 63.2 Å². The quantitative estimate of drug-likeness (QED) is 0.154. The molecule has 0 aromatic heterocycles. The highest BCUT2D eigenvalue weighted by molar-refractivity contribution is 5.97. The second-order valence-electron chi connectivity index (χ2n) is 23.6. The Kier molecular flexibility index (Phi) is 10.5. The molecule has 0 bridgehead atoms. The Morgan fingerprint density at radius 3 is 1.16 bits per heavy atom. The first-order valence-electron chi connectivity index (χ1n) is 27.4. The molecular weight excluding hydrogens is 927 g/mol. The molecule has 0 radical (unpaired) electrons. The highest BCUT2D eigenvalue weighted by Crippen LogP contribution is 2.64. The Labute approximate surface area is 454 Å². The highest BCUT2D eigenvalue weighted by atomic mass is 15.1. The predicted octanol–water partition coefficient (Wildman–Crippen LogP) is 19.8. The van der Waals surface area contributed by atoms with Gasteiger partial charge in [0.2, 0.25) is 0 Å². The minimum atomic E-state index is -0.550. The summed E-state index contributed by atoms with van der Waals surface area (Å²) in [7, 11) is 0. The third kappa shape index (κ3) is 7.06. The van der Waals surface area contributed by atoms with E-state index in [1.165, 1.54) is 111 Å². The average molecular weight is 988 g/mol. The molecule has 11 aromatic carbocycles. The number of fused-ring (bicyclic) bond motifs is 13. The van der Waals surface area contributed by atoms with Gasteiger partial charge in [0.1, 0.15) is 0 Å². The molecule has 1 nitrogen and oxygen atoms in total. The van der Waals surface area contributed by atoms with Gasteiger partial charge in [-0.15, -0.1) is 0 Å². The number of hydrogen-bond donors (Lipinski definition) is 0. The van der Waals surface area contributed by atoms with E-state index in [-0.39, 0.29) is 10.8 Å². The molecule has 3 aliphatic carbocycles. The Morgan fingerprint density at radius 2 is 0.610 bits per heavy atom. The zero-order valence-corrected chi connectivity index (χ0v) is 44.8. The van der Waals surface area contributed by atoms with E-state index in [9.17, 15) is 0 Å². The first-order valence-corrected chi connectivity index (χ1v) is 27.4. The zero-order chi connectivity index (χ0) is 52.3. The van der Waals surface area contributed by atoms with E-state index in [2.05, 4.69) is 307 Å². The van der Waals surface area contributed by atoms with Crippen LogP contribution in [0.4, 0.5) is 17.1 Å². The van der Waals surface area contributed by atoms with Crippen LogP contribution in [0.1, 0.15) is 97.2 Å². The van der Waals surface area contributed by atoms with Crippen LogP contribution in [0.3, 0.4) is 0 Å². The molecule has 2 atom stereocenters. The van der Waals surface area contributed by atoms with Gasteiger partial charge in [0.05, 0.1) is 10.8 Å². The third-order valence-corrected chi connectivity index (χ3v) is 17.3. The van der Waals surface area contributed by atoms with Gasteiger partial charge in [-0.25, -0.2) is 0 Å². The van der Waals surface area contributed by atoms with Crippen molar-refractivity contribution in [1.29, 1.82) is 0 Å². The zero-order valence-electron chi connectivity index (χ0n) is 44.8. The highest BCUT2D eigenvalue weighted by Gasteiger charge is 2.52. The van der Waals surface area contributed by atoms with Gasteiger partial charge in [-0.1, -0.05) is 260 Å². The Balaban J connectivity index is 0.932. The molecular formula is C76H61N. The second-order valence-corrected chi connectivity index (χ2v) is 23.6. The van der Waals surface area contributed by atoms with Crippen LogP contribution in [0, 0.1) is 0 Å². The fourth-order valence-corrected chi connectivity index (χ4v) is 13.6. The van der Waals surface area contributed by atoms with E-state index in [1.807, 2.05) is 0 Å². The van der Waals surface area contributed by atoms with Crippen molar-refractivity contribution in [2.24, 2.45) is 0 Å². The lowest BCUT2D eigenvalue weighted by Crippen LogP contribution is -2.29. The fraction of sp³-hybridized carbons (Fsp3) is 0.132. The van der Waals surface area contributed by atoms with Gasteiger partial charge in [-0.3, -0.25) is 0 Å². The molecule has 370 valence electrons. The smallest absolute Gasteiger partial charge is 0.0725 e. The Morgan fingerprint density at radius 1 is 0.247 bits per heavy atom. The SMILES string of the molecule is CC(C)(C)c1ccc(C2(c3ccccc3)c3ccccc3-c3ccc(N(c4ccc(-c5ccccc5)cc4)c4ccc(-c5ccc6c(c5)C5(c7ccccc7-6)c6ccccc6-c6ccc(C(C)(C)C)cc65)cc4)cc32)cc1. The van der Waals surface area contributed by atoms with Gasteiger partial charge < -0.3 is 4.90 Å². The van der Waals surface area contributed by atoms with Crippen molar-refractivity contribution in [3.63, 3.8) is 0 Å². The van der Waals surface area contributed by atoms with E-state index in [0.29, 0.717) is 0 Å². The van der Waals surface area contributed by atoms with Crippen LogP contribution in [-0.2, 0) is 21.7 Å². The van der Waals surface area contributed by atoms with E-state index in [0.717, 1.165) is 17.1 Å². The summed E-state index contributed by atoms with van der Waals surface area (Å²) in [6, 6.07) is 98.8. The van der Waals surface area contributed by atoms with Crippen molar-refractivity contribution >= 4 is 17.1 Å². The summed E-state index contributed by atoms with van der Waals surface area (Å²) in [5.74, 6) is 0. The number of nitrogens with zero attached hydrogens (tertiary/aromatic N) is 1. The molecule has 0 N–H and O–H groups in total. The summed E-state index contributed by atoms with van der Waals surface area (Å²) in [4.78, 5) is 2.45. The van der Waals surface area contributed by atoms with Crippen molar-refractivity contribution in [3.8, 4) is 55.6 Å². The second kappa shape index (κ2) is 17.4. The summed E-state index contributed by atoms with van der Waals surface area (Å²) < 4.78 is 0. The Bertz CT molecular complexity index is 4060. The van der Waals surface area contributed by atoms with Gasteiger partial charge in [0.15, 0.2) is 0 Å². The maximum atomic E-state index is 2.52. The number of benzene rings is 11. The van der Waals surface area contributed by atoms with E-state index < -0.39 is 10.8 Å². The lowest BCUT2D eigenvalue weighted by Gasteiger charge is -2.35. The minimum absolute atomic E-state index is 0.00153. The standard InChI is InChI=1S/C76H61N/c1-73(2,3)54-34-36-56(37-35-54)75(55-21-11-8-12-22-55)67-26-16-13-23-61(67)66-46-43-60(49-72(66)75)77(58-39-29-51(30-40-58)50-19-9-7-10-20-50)59-41-31-52(32-42-59)53-33-44-64-62-24-14-17-27-68(62)76(70(64)47-53)69-28-18-15-25-63(69)65-45-38-57(48-71(65)76)74(4,5)6/h7-49H,1-6H3. The third-order valence-electron chi connectivity index (χ3n) is 17.3. The molecule has 14 rings (SSSR count). The summed E-state index contributed by atoms with van der Waals surface area (Å²) in [5.41, 5.74) is 28.2. The first kappa shape index (κ1) is 46.7. The van der Waals surface area contributed by atoms with Crippen molar-refractivity contribution < 1.29 is 0 Å². The molecule has 1 spiro atoms. The molecule has 0 saturated carbocycles. The summed E-state index contributed by atoms with van der Waals surface area (Å²) in [6.45, 7) is 13.9. The molecule has 0 saturated heterocycles. The van der Waals surface area contributed by atoms with Gasteiger partial charge in [0, 0.05) is 17.1 Å². The van der Waals surface area contributed by atoms with Crippen LogP contribution in [0.25, 0.3) is 55.6 Å². The predicted molar refractivity (Wildman–Crippen MR) is 323 cm³/mol. The van der Waals surface area contributed by atoms with Crippen LogP contribution in [-0.4, -0.2) is 0 Å². The summed E-state index contributed by atoms with van der Waals surface area (Å²) in [6.07, 6.45) is 0. The molecule has 3 aliphatic rings. The van der Waals surface area contributed by atoms with E-state index >= 15 is 0 Å². The summed E-state index contributed by atoms with van der Waals surface area (Å²) >= 11 is 0. The van der Waals surface area contributed by atoms with E-state index in [1.54, 1.807) is 0 Å². The van der Waals surface area contributed by atoms with Gasteiger partial charge >= 0.3 is 0 Å². The van der Waals surface area contributed by atoms with E-state index in [4.69, 9.17) is 0 Å². The molecule has 0 fully saturated rings. The van der Waals surface area contributed by atoms with Crippen molar-refractivity contribution in [1.82, 2.24) is 0 Å². The van der Waals surface area contributed by atoms with Crippen LogP contribution >= 0.6 is 0 Å². The number of hydrogen-bond acceptors (Lipinski definition) is 1. The lowest BCUT2D eigenvalue weighted by molar-refractivity contribution is 0.588. The van der Waals surface area contributed by atoms with Crippen molar-refractivity contribution in [3.05, 3.63) is 316 Å². The normalized spacial score (nSPS) is 16.5. The molecule has 0 amide bonds. The van der Waals surface area contributed by atoms with Crippen LogP contribution in [0.15, 0.2) is 261 Å². The molecule has 0 aliphatic heterocycles. The largest absolute Gasteiger partial charge is 0.310 e. The monoisotopic (exact) mass is 987 g/mol. The Hall–Kier alpha value is -8.78.